The van der Waals surface area contributed by atoms with Crippen LogP contribution >= 0.6 is 0 Å². The maximum absolute atomic E-state index is 11.5. The van der Waals surface area contributed by atoms with Crippen molar-refractivity contribution in [2.75, 3.05) is 20.1 Å². The minimum atomic E-state index is -0.574. The average molecular weight is 253 g/mol. The molecule has 2 saturated carbocycles. The van der Waals surface area contributed by atoms with Gasteiger partial charge < -0.3 is 10.0 Å². The lowest BCUT2D eigenvalue weighted by atomic mass is 9.84. The average Bonchev–Trinajstić information content (AvgIpc) is 2.80. The molecule has 104 valence electrons. The second-order valence-electron chi connectivity index (χ2n) is 6.49. The number of aliphatic carboxylic acids is 1. The van der Waals surface area contributed by atoms with Crippen molar-refractivity contribution in [3.63, 3.8) is 0 Å². The minimum Gasteiger partial charge on any atom is -0.481 e. The quantitative estimate of drug-likeness (QED) is 0.818. The lowest BCUT2D eigenvalue weighted by Crippen LogP contribution is -2.41. The zero-order chi connectivity index (χ0) is 13.0. The maximum Gasteiger partial charge on any atom is 0.310 e. The lowest BCUT2D eigenvalue weighted by Gasteiger charge is -2.33. The molecule has 0 amide bonds. The molecule has 3 heteroatoms. The summed E-state index contributed by atoms with van der Waals surface area (Å²) in [4.78, 5) is 13.8. The SMILES string of the molecule is CN(CC1CCCCC1)CC1(C(=O)O)CCCC1. The number of carboxylic acids is 1. The van der Waals surface area contributed by atoms with Crippen LogP contribution in [0.3, 0.4) is 0 Å². The van der Waals surface area contributed by atoms with E-state index in [0.29, 0.717) is 0 Å². The fraction of sp³-hybridized carbons (Fsp3) is 0.933. The molecule has 0 spiro atoms. The summed E-state index contributed by atoms with van der Waals surface area (Å²) in [7, 11) is 2.11. The maximum atomic E-state index is 11.5. The molecule has 0 aromatic rings. The highest BCUT2D eigenvalue weighted by Crippen LogP contribution is 2.39. The Hall–Kier alpha value is -0.570. The van der Waals surface area contributed by atoms with Crippen LogP contribution in [-0.2, 0) is 4.79 Å². The van der Waals surface area contributed by atoms with Gasteiger partial charge in [0, 0.05) is 13.1 Å². The van der Waals surface area contributed by atoms with E-state index in [1.807, 2.05) is 0 Å². The van der Waals surface area contributed by atoms with E-state index in [2.05, 4.69) is 11.9 Å². The third-order valence-corrected chi connectivity index (χ3v) is 4.88. The third kappa shape index (κ3) is 3.25. The molecule has 0 saturated heterocycles. The monoisotopic (exact) mass is 253 g/mol. The fourth-order valence-electron chi connectivity index (χ4n) is 3.88. The van der Waals surface area contributed by atoms with Gasteiger partial charge in [0.05, 0.1) is 5.41 Å². The van der Waals surface area contributed by atoms with Crippen LogP contribution in [0, 0.1) is 11.3 Å². The molecule has 18 heavy (non-hydrogen) atoms. The van der Waals surface area contributed by atoms with E-state index < -0.39 is 11.4 Å². The van der Waals surface area contributed by atoms with Crippen LogP contribution in [0.1, 0.15) is 57.8 Å². The molecular weight excluding hydrogens is 226 g/mol. The number of hydrogen-bond acceptors (Lipinski definition) is 2. The summed E-state index contributed by atoms with van der Waals surface area (Å²) in [5, 5.41) is 9.49. The van der Waals surface area contributed by atoms with Gasteiger partial charge in [0.2, 0.25) is 0 Å². The van der Waals surface area contributed by atoms with Crippen LogP contribution in [0.25, 0.3) is 0 Å². The van der Waals surface area contributed by atoms with Gasteiger partial charge in [-0.05, 0) is 38.6 Å². The highest BCUT2D eigenvalue weighted by atomic mass is 16.4. The van der Waals surface area contributed by atoms with Crippen molar-refractivity contribution in [3.8, 4) is 0 Å². The molecule has 2 fully saturated rings. The molecule has 3 nitrogen and oxygen atoms in total. The Bertz CT molecular complexity index is 278. The van der Waals surface area contributed by atoms with Gasteiger partial charge in [-0.2, -0.15) is 0 Å². The first kappa shape index (κ1) is 13.9. The molecular formula is C15H27NO2. The summed E-state index contributed by atoms with van der Waals surface area (Å²) < 4.78 is 0. The van der Waals surface area contributed by atoms with E-state index in [-0.39, 0.29) is 0 Å². The van der Waals surface area contributed by atoms with Gasteiger partial charge in [0.1, 0.15) is 0 Å². The molecule has 1 N–H and O–H groups in total. The van der Waals surface area contributed by atoms with Crippen LogP contribution in [0.2, 0.25) is 0 Å². The third-order valence-electron chi connectivity index (χ3n) is 4.88. The highest BCUT2D eigenvalue weighted by Gasteiger charge is 2.42. The van der Waals surface area contributed by atoms with Gasteiger partial charge in [0.25, 0.3) is 0 Å². The van der Waals surface area contributed by atoms with Crippen molar-refractivity contribution < 1.29 is 9.90 Å². The standard InChI is InChI=1S/C15H27NO2/c1-16(11-13-7-3-2-4-8-13)12-15(14(17)18)9-5-6-10-15/h13H,2-12H2,1H3,(H,17,18). The predicted molar refractivity (Wildman–Crippen MR) is 72.6 cm³/mol. The van der Waals surface area contributed by atoms with Crippen molar-refractivity contribution in [1.29, 1.82) is 0 Å². The van der Waals surface area contributed by atoms with Gasteiger partial charge in [-0.1, -0.05) is 32.1 Å². The van der Waals surface area contributed by atoms with E-state index in [0.717, 1.165) is 44.7 Å². The number of rotatable bonds is 5. The Kier molecular flexibility index (Phi) is 4.66. The molecule has 2 aliphatic carbocycles. The van der Waals surface area contributed by atoms with Gasteiger partial charge >= 0.3 is 5.97 Å². The Morgan fingerprint density at radius 3 is 2.33 bits per heavy atom. The zero-order valence-corrected chi connectivity index (χ0v) is 11.7. The van der Waals surface area contributed by atoms with Gasteiger partial charge in [0.15, 0.2) is 0 Å². The van der Waals surface area contributed by atoms with E-state index >= 15 is 0 Å². The Morgan fingerprint density at radius 1 is 1.17 bits per heavy atom. The second kappa shape index (κ2) is 6.05. The van der Waals surface area contributed by atoms with Crippen molar-refractivity contribution in [2.45, 2.75) is 57.8 Å². The number of carbonyl (C=O) groups is 1. The van der Waals surface area contributed by atoms with Crippen molar-refractivity contribution in [3.05, 3.63) is 0 Å². The predicted octanol–water partition coefficient (Wildman–Crippen LogP) is 3.14. The molecule has 0 heterocycles. The molecule has 0 aromatic carbocycles. The summed E-state index contributed by atoms with van der Waals surface area (Å²) in [5.41, 5.74) is -0.441. The molecule has 2 aliphatic rings. The molecule has 2 rings (SSSR count). The fourth-order valence-corrected chi connectivity index (χ4v) is 3.88. The molecule has 0 unspecified atom stereocenters. The smallest absolute Gasteiger partial charge is 0.310 e. The lowest BCUT2D eigenvalue weighted by molar-refractivity contribution is -0.149. The second-order valence-corrected chi connectivity index (χ2v) is 6.49. The van der Waals surface area contributed by atoms with Crippen molar-refractivity contribution in [1.82, 2.24) is 4.90 Å². The van der Waals surface area contributed by atoms with E-state index in [9.17, 15) is 9.90 Å². The number of nitrogens with zero attached hydrogens (tertiary/aromatic N) is 1. The molecule has 0 radical (unpaired) electrons. The van der Waals surface area contributed by atoms with Crippen LogP contribution < -0.4 is 0 Å². The highest BCUT2D eigenvalue weighted by molar-refractivity contribution is 5.75. The molecule has 0 aromatic heterocycles. The van der Waals surface area contributed by atoms with Crippen molar-refractivity contribution >= 4 is 5.97 Å². The number of hydrogen-bond donors (Lipinski definition) is 1. The first-order valence-corrected chi connectivity index (χ1v) is 7.54. The van der Waals surface area contributed by atoms with Gasteiger partial charge in [-0.15, -0.1) is 0 Å². The number of carboxylic acid groups (broad SMARTS) is 1. The Labute approximate surface area is 111 Å². The van der Waals surface area contributed by atoms with Crippen LogP contribution in [0.15, 0.2) is 0 Å². The zero-order valence-electron chi connectivity index (χ0n) is 11.7. The minimum absolute atomic E-state index is 0.441. The van der Waals surface area contributed by atoms with Crippen LogP contribution in [-0.4, -0.2) is 36.1 Å². The van der Waals surface area contributed by atoms with Gasteiger partial charge in [-0.25, -0.2) is 0 Å². The molecule has 0 aliphatic heterocycles. The normalized spacial score (nSPS) is 24.6. The summed E-state index contributed by atoms with van der Waals surface area (Å²) >= 11 is 0. The van der Waals surface area contributed by atoms with E-state index in [4.69, 9.17) is 0 Å². The first-order valence-electron chi connectivity index (χ1n) is 7.54. The van der Waals surface area contributed by atoms with Crippen LogP contribution in [0.5, 0.6) is 0 Å². The summed E-state index contributed by atoms with van der Waals surface area (Å²) in [6, 6.07) is 0. The molecule has 0 bridgehead atoms. The summed E-state index contributed by atoms with van der Waals surface area (Å²) in [5.74, 6) is 0.228. The van der Waals surface area contributed by atoms with E-state index in [1.165, 1.54) is 32.1 Å². The molecule has 0 atom stereocenters. The topological polar surface area (TPSA) is 40.5 Å². The largest absolute Gasteiger partial charge is 0.481 e. The first-order chi connectivity index (χ1) is 8.62. The summed E-state index contributed by atoms with van der Waals surface area (Å²) in [6.45, 7) is 1.84. The van der Waals surface area contributed by atoms with Gasteiger partial charge in [-0.3, -0.25) is 4.79 Å². The Morgan fingerprint density at radius 2 is 1.78 bits per heavy atom. The van der Waals surface area contributed by atoms with E-state index in [1.54, 1.807) is 0 Å². The van der Waals surface area contributed by atoms with Crippen LogP contribution in [0.4, 0.5) is 0 Å². The Balaban J connectivity index is 1.84. The summed E-state index contributed by atoms with van der Waals surface area (Å²) in [6.07, 6.45) is 10.7. The van der Waals surface area contributed by atoms with Crippen molar-refractivity contribution in [2.24, 2.45) is 11.3 Å².